The highest BCUT2D eigenvalue weighted by molar-refractivity contribution is 5.77. The number of aliphatic hydroxyl groups excluding tert-OH is 3. The molecule has 4 N–H and O–H groups in total. The molecule has 1 rings (SSSR count). The van der Waals surface area contributed by atoms with Crippen molar-refractivity contribution in [3.05, 3.63) is 0 Å². The second kappa shape index (κ2) is 7.25. The predicted octanol–water partition coefficient (Wildman–Crippen LogP) is 1.02. The Morgan fingerprint density at radius 2 is 2.00 bits per heavy atom. The molecule has 0 bridgehead atoms. The summed E-state index contributed by atoms with van der Waals surface area (Å²) < 4.78 is 13.0. The molecule has 1 fully saturated rings. The molecule has 0 aromatic heterocycles. The van der Waals surface area contributed by atoms with Crippen LogP contribution in [-0.2, 0) is 9.53 Å². The lowest BCUT2D eigenvalue weighted by Crippen LogP contribution is -2.60. The molecule has 0 saturated carbocycles. The molecule has 1 aliphatic heterocycles. The van der Waals surface area contributed by atoms with Gasteiger partial charge in [0.1, 0.15) is 6.10 Å². The SMILES string of the molecule is [2H]CC(O)C(O)C1OC(CC(C)C(C)C)(C(=O)O)CC(O)C1C. The van der Waals surface area contributed by atoms with E-state index in [1.54, 1.807) is 6.92 Å². The lowest BCUT2D eigenvalue weighted by atomic mass is 9.75. The largest absolute Gasteiger partial charge is 0.479 e. The van der Waals surface area contributed by atoms with Gasteiger partial charge in [-0.05, 0) is 25.2 Å². The van der Waals surface area contributed by atoms with Crippen molar-refractivity contribution < 1.29 is 31.3 Å². The molecule has 1 saturated heterocycles. The van der Waals surface area contributed by atoms with Crippen molar-refractivity contribution in [2.45, 2.75) is 77.5 Å². The standard InChI is InChI=1S/C16H30O6/c1-8(2)9(3)6-16(15(20)21)7-12(18)10(4)14(22-16)13(19)11(5)17/h8-14,17-19H,6-7H2,1-5H3,(H,20,21)/i5D. The van der Waals surface area contributed by atoms with Crippen LogP contribution in [0.5, 0.6) is 0 Å². The highest BCUT2D eigenvalue weighted by Gasteiger charge is 2.53. The molecule has 0 spiro atoms. The van der Waals surface area contributed by atoms with Gasteiger partial charge in [-0.2, -0.15) is 0 Å². The molecule has 130 valence electrons. The molecule has 0 aliphatic carbocycles. The zero-order chi connectivity index (χ0) is 17.9. The Morgan fingerprint density at radius 3 is 2.45 bits per heavy atom. The maximum atomic E-state index is 11.9. The van der Waals surface area contributed by atoms with Gasteiger partial charge < -0.3 is 25.2 Å². The molecule has 6 heteroatoms. The Morgan fingerprint density at radius 1 is 1.41 bits per heavy atom. The summed E-state index contributed by atoms with van der Waals surface area (Å²) in [5.41, 5.74) is -1.59. The minimum atomic E-state index is -1.59. The first-order chi connectivity index (χ1) is 10.6. The Labute approximate surface area is 133 Å². The minimum Gasteiger partial charge on any atom is -0.479 e. The van der Waals surface area contributed by atoms with E-state index in [4.69, 9.17) is 6.11 Å². The quantitative estimate of drug-likeness (QED) is 0.582. The van der Waals surface area contributed by atoms with E-state index in [9.17, 15) is 25.2 Å². The smallest absolute Gasteiger partial charge is 0.336 e. The van der Waals surface area contributed by atoms with Gasteiger partial charge in [0.05, 0.1) is 18.3 Å². The molecule has 1 heterocycles. The number of aliphatic hydroxyl groups is 3. The van der Waals surface area contributed by atoms with Crippen LogP contribution in [-0.4, -0.2) is 56.4 Å². The van der Waals surface area contributed by atoms with Gasteiger partial charge >= 0.3 is 5.97 Å². The first-order valence-electron chi connectivity index (χ1n) is 8.51. The normalized spacial score (nSPS) is 37.5. The summed E-state index contributed by atoms with van der Waals surface area (Å²) in [7, 11) is 0. The number of carboxylic acid groups (broad SMARTS) is 1. The predicted molar refractivity (Wildman–Crippen MR) is 81.3 cm³/mol. The molecule has 6 nitrogen and oxygen atoms in total. The fourth-order valence-electron chi connectivity index (χ4n) is 2.87. The molecule has 7 unspecified atom stereocenters. The van der Waals surface area contributed by atoms with Crippen molar-refractivity contribution >= 4 is 5.97 Å². The summed E-state index contributed by atoms with van der Waals surface area (Å²) in [5, 5.41) is 39.9. The Bertz CT molecular complexity index is 404. The van der Waals surface area contributed by atoms with Crippen molar-refractivity contribution in [1.82, 2.24) is 0 Å². The molecular formula is C16H30O6. The third kappa shape index (κ3) is 3.98. The van der Waals surface area contributed by atoms with Gasteiger partial charge in [0.2, 0.25) is 0 Å². The maximum absolute atomic E-state index is 11.9. The average Bonchev–Trinajstić information content (AvgIpc) is 2.48. The molecule has 0 aromatic carbocycles. The van der Waals surface area contributed by atoms with Crippen LogP contribution in [0.4, 0.5) is 0 Å². The summed E-state index contributed by atoms with van der Waals surface area (Å²) in [6.07, 6.45) is -4.59. The van der Waals surface area contributed by atoms with E-state index in [2.05, 4.69) is 0 Å². The van der Waals surface area contributed by atoms with Crippen LogP contribution in [0.2, 0.25) is 0 Å². The van der Waals surface area contributed by atoms with Crippen LogP contribution >= 0.6 is 0 Å². The van der Waals surface area contributed by atoms with Crippen LogP contribution in [0.3, 0.4) is 0 Å². The lowest BCUT2D eigenvalue weighted by molar-refractivity contribution is -0.239. The first-order valence-corrected chi connectivity index (χ1v) is 7.80. The van der Waals surface area contributed by atoms with E-state index in [1.165, 1.54) is 0 Å². The molecule has 0 aromatic rings. The Hall–Kier alpha value is -0.690. The minimum absolute atomic E-state index is 0.0468. The van der Waals surface area contributed by atoms with E-state index in [0.717, 1.165) is 0 Å². The van der Waals surface area contributed by atoms with Crippen molar-refractivity contribution in [3.8, 4) is 0 Å². The third-order valence-electron chi connectivity index (χ3n) is 4.94. The number of ether oxygens (including phenoxy) is 1. The highest BCUT2D eigenvalue weighted by Crippen LogP contribution is 2.40. The zero-order valence-electron chi connectivity index (χ0n) is 14.8. The molecule has 0 amide bonds. The lowest BCUT2D eigenvalue weighted by Gasteiger charge is -2.47. The number of hydrogen-bond acceptors (Lipinski definition) is 5. The van der Waals surface area contributed by atoms with Gasteiger partial charge in [-0.15, -0.1) is 0 Å². The summed E-state index contributed by atoms with van der Waals surface area (Å²) in [4.78, 5) is 11.9. The van der Waals surface area contributed by atoms with E-state index in [-0.39, 0.29) is 24.7 Å². The van der Waals surface area contributed by atoms with Crippen molar-refractivity contribution in [2.75, 3.05) is 0 Å². The highest BCUT2D eigenvalue weighted by atomic mass is 16.6. The van der Waals surface area contributed by atoms with Crippen molar-refractivity contribution in [3.63, 3.8) is 0 Å². The number of carbonyl (C=O) groups is 1. The van der Waals surface area contributed by atoms with Gasteiger partial charge in [0, 0.05) is 13.7 Å². The van der Waals surface area contributed by atoms with Gasteiger partial charge in [0.15, 0.2) is 5.60 Å². The first kappa shape index (κ1) is 17.7. The monoisotopic (exact) mass is 319 g/mol. The third-order valence-corrected chi connectivity index (χ3v) is 4.94. The molecule has 22 heavy (non-hydrogen) atoms. The number of aliphatic carboxylic acids is 1. The summed E-state index contributed by atoms with van der Waals surface area (Å²) >= 11 is 0. The average molecular weight is 319 g/mol. The van der Waals surface area contributed by atoms with Crippen LogP contribution in [0.25, 0.3) is 0 Å². The molecule has 1 aliphatic rings. The summed E-state index contributed by atoms with van der Waals surface area (Å²) in [5.74, 6) is -1.42. The summed E-state index contributed by atoms with van der Waals surface area (Å²) in [6, 6.07) is 0. The van der Waals surface area contributed by atoms with Crippen molar-refractivity contribution in [2.24, 2.45) is 17.8 Å². The maximum Gasteiger partial charge on any atom is 0.336 e. The topological polar surface area (TPSA) is 107 Å². The van der Waals surface area contributed by atoms with Gasteiger partial charge in [-0.3, -0.25) is 0 Å². The van der Waals surface area contributed by atoms with Gasteiger partial charge in [-0.1, -0.05) is 27.7 Å². The number of rotatable bonds is 6. The fraction of sp³-hybridized carbons (Fsp3) is 0.938. The molecule has 7 atom stereocenters. The van der Waals surface area contributed by atoms with Crippen LogP contribution < -0.4 is 0 Å². The second-order valence-electron chi connectivity index (χ2n) is 7.00. The molecular weight excluding hydrogens is 288 g/mol. The Balaban J connectivity index is 3.10. The summed E-state index contributed by atoms with van der Waals surface area (Å²) in [6.45, 7) is 7.11. The fourth-order valence-corrected chi connectivity index (χ4v) is 2.87. The van der Waals surface area contributed by atoms with E-state index < -0.39 is 48.8 Å². The van der Waals surface area contributed by atoms with E-state index in [0.29, 0.717) is 0 Å². The number of hydrogen-bond donors (Lipinski definition) is 4. The van der Waals surface area contributed by atoms with E-state index in [1.807, 2.05) is 20.8 Å². The van der Waals surface area contributed by atoms with Gasteiger partial charge in [0.25, 0.3) is 0 Å². The van der Waals surface area contributed by atoms with Crippen molar-refractivity contribution in [1.29, 1.82) is 0 Å². The van der Waals surface area contributed by atoms with Crippen LogP contribution in [0.15, 0.2) is 0 Å². The van der Waals surface area contributed by atoms with Crippen LogP contribution in [0.1, 0.15) is 48.8 Å². The molecule has 0 radical (unpaired) electrons. The Kier molecular flexibility index (Phi) is 5.82. The van der Waals surface area contributed by atoms with Crippen LogP contribution in [0, 0.1) is 17.8 Å². The second-order valence-corrected chi connectivity index (χ2v) is 7.00. The van der Waals surface area contributed by atoms with Gasteiger partial charge in [-0.25, -0.2) is 4.79 Å². The van der Waals surface area contributed by atoms with E-state index >= 15 is 0 Å². The number of carboxylic acids is 1. The zero-order valence-corrected chi connectivity index (χ0v) is 13.8.